The lowest BCUT2D eigenvalue weighted by Gasteiger charge is -2.13. The number of pyridine rings is 1. The van der Waals surface area contributed by atoms with Crippen molar-refractivity contribution in [2.45, 2.75) is 19.6 Å². The van der Waals surface area contributed by atoms with Gasteiger partial charge in [-0.05, 0) is 19.1 Å². The molecule has 0 aliphatic rings. The maximum absolute atomic E-state index is 12.1. The van der Waals surface area contributed by atoms with Crippen LogP contribution in [0.4, 0.5) is 5.69 Å². The van der Waals surface area contributed by atoms with Crippen LogP contribution in [0.15, 0.2) is 42.6 Å². The molecule has 25 heavy (non-hydrogen) atoms. The second-order valence-electron chi connectivity index (χ2n) is 5.10. The normalized spacial score (nSPS) is 11.4. The second kappa shape index (κ2) is 8.20. The van der Waals surface area contributed by atoms with E-state index in [1.165, 1.54) is 31.3 Å². The monoisotopic (exact) mass is 363 g/mol. The average molecular weight is 364 g/mol. The van der Waals surface area contributed by atoms with E-state index in [0.29, 0.717) is 10.7 Å². The van der Waals surface area contributed by atoms with E-state index in [2.05, 4.69) is 10.3 Å². The van der Waals surface area contributed by atoms with E-state index < -0.39 is 22.8 Å². The zero-order valence-electron chi connectivity index (χ0n) is 13.1. The predicted octanol–water partition coefficient (Wildman–Crippen LogP) is 2.50. The van der Waals surface area contributed by atoms with Gasteiger partial charge in [-0.15, -0.1) is 0 Å². The van der Waals surface area contributed by atoms with E-state index in [0.717, 1.165) is 6.07 Å². The summed E-state index contributed by atoms with van der Waals surface area (Å²) in [4.78, 5) is 38.0. The molecule has 0 fully saturated rings. The summed E-state index contributed by atoms with van der Waals surface area (Å²) in [7, 11) is 0. The first-order chi connectivity index (χ1) is 11.9. The van der Waals surface area contributed by atoms with Crippen LogP contribution in [0.2, 0.25) is 5.15 Å². The lowest BCUT2D eigenvalue weighted by atomic mass is 10.2. The number of nitro benzene ring substituents is 1. The lowest BCUT2D eigenvalue weighted by Crippen LogP contribution is -2.39. The fourth-order valence-electron chi connectivity index (χ4n) is 1.87. The number of carbonyl (C=O) groups excluding carboxylic acids is 2. The molecule has 0 unspecified atom stereocenters. The number of halogens is 1. The van der Waals surface area contributed by atoms with Crippen LogP contribution in [0.25, 0.3) is 0 Å². The number of non-ortho nitro benzene ring substituents is 1. The molecule has 0 aliphatic heterocycles. The third-order valence-corrected chi connectivity index (χ3v) is 3.41. The zero-order chi connectivity index (χ0) is 18.4. The molecule has 0 spiro atoms. The molecule has 1 amide bonds. The Balaban J connectivity index is 1.91. The quantitative estimate of drug-likeness (QED) is 0.365. The third kappa shape index (κ3) is 5.25. The molecule has 9 heteroatoms. The maximum Gasteiger partial charge on any atom is 0.328 e. The van der Waals surface area contributed by atoms with E-state index >= 15 is 0 Å². The molecule has 1 N–H and O–H groups in total. The summed E-state index contributed by atoms with van der Waals surface area (Å²) in [5.41, 5.74) is 0.517. The second-order valence-corrected chi connectivity index (χ2v) is 5.49. The van der Waals surface area contributed by atoms with E-state index in [1.807, 2.05) is 0 Å². The van der Waals surface area contributed by atoms with Gasteiger partial charge >= 0.3 is 5.97 Å². The van der Waals surface area contributed by atoms with Crippen LogP contribution in [0.5, 0.6) is 0 Å². The van der Waals surface area contributed by atoms with Crippen LogP contribution in [0, 0.1) is 10.1 Å². The smallest absolute Gasteiger partial charge is 0.328 e. The number of benzene rings is 1. The van der Waals surface area contributed by atoms with Gasteiger partial charge < -0.3 is 10.1 Å². The van der Waals surface area contributed by atoms with Gasteiger partial charge in [-0.25, -0.2) is 9.78 Å². The minimum Gasteiger partial charge on any atom is -0.459 e. The molecule has 8 nitrogen and oxygen atoms in total. The Morgan fingerprint density at radius 3 is 2.76 bits per heavy atom. The summed E-state index contributed by atoms with van der Waals surface area (Å²) in [6.45, 7) is 1.44. The molecule has 0 bridgehead atoms. The first-order valence-corrected chi connectivity index (χ1v) is 7.57. The molecule has 1 atom stereocenters. The number of carbonyl (C=O) groups is 2. The van der Waals surface area contributed by atoms with Crippen LogP contribution in [-0.2, 0) is 16.1 Å². The van der Waals surface area contributed by atoms with Crippen molar-refractivity contribution in [1.82, 2.24) is 10.3 Å². The van der Waals surface area contributed by atoms with E-state index in [9.17, 15) is 19.7 Å². The van der Waals surface area contributed by atoms with Crippen LogP contribution in [0.3, 0.4) is 0 Å². The van der Waals surface area contributed by atoms with Gasteiger partial charge in [-0.3, -0.25) is 14.9 Å². The highest BCUT2D eigenvalue weighted by Gasteiger charge is 2.19. The molecule has 0 radical (unpaired) electrons. The topological polar surface area (TPSA) is 111 Å². The van der Waals surface area contributed by atoms with E-state index in [4.69, 9.17) is 16.3 Å². The Morgan fingerprint density at radius 1 is 1.36 bits per heavy atom. The standard InChI is InChI=1S/C16H14ClN3O5/c1-10(16(22)25-9-11-5-6-14(17)18-8-11)19-15(21)12-3-2-4-13(7-12)20(23)24/h2-8,10H,9H2,1H3,(H,19,21)/t10-/m0/s1. The molecule has 130 valence electrons. The summed E-state index contributed by atoms with van der Waals surface area (Å²) in [5.74, 6) is -1.25. The summed E-state index contributed by atoms with van der Waals surface area (Å²) in [5, 5.41) is 13.5. The fraction of sp³-hybridized carbons (Fsp3) is 0.188. The number of hydrogen-bond donors (Lipinski definition) is 1. The SMILES string of the molecule is C[C@H](NC(=O)c1cccc([N+](=O)[O-])c1)C(=O)OCc1ccc(Cl)nc1. The van der Waals surface area contributed by atoms with Crippen molar-refractivity contribution in [2.75, 3.05) is 0 Å². The van der Waals surface area contributed by atoms with Gasteiger partial charge in [0.05, 0.1) is 4.92 Å². The van der Waals surface area contributed by atoms with Gasteiger partial charge in [0.25, 0.3) is 11.6 Å². The highest BCUT2D eigenvalue weighted by molar-refractivity contribution is 6.29. The highest BCUT2D eigenvalue weighted by atomic mass is 35.5. The number of nitrogens with one attached hydrogen (secondary N) is 1. The number of aromatic nitrogens is 1. The Morgan fingerprint density at radius 2 is 2.12 bits per heavy atom. The number of nitro groups is 1. The van der Waals surface area contributed by atoms with E-state index in [1.54, 1.807) is 12.1 Å². The average Bonchev–Trinajstić information content (AvgIpc) is 2.60. The molecular formula is C16H14ClN3O5. The molecule has 1 aromatic heterocycles. The molecule has 0 saturated carbocycles. The number of ether oxygens (including phenoxy) is 1. The van der Waals surface area contributed by atoms with Crippen molar-refractivity contribution >= 4 is 29.2 Å². The number of esters is 1. The minimum absolute atomic E-state index is 0.0139. The lowest BCUT2D eigenvalue weighted by molar-refractivity contribution is -0.384. The van der Waals surface area contributed by atoms with Crippen LogP contribution in [0.1, 0.15) is 22.8 Å². The maximum atomic E-state index is 12.1. The Labute approximate surface area is 147 Å². The number of hydrogen-bond acceptors (Lipinski definition) is 6. The molecule has 2 aromatic rings. The molecule has 2 rings (SSSR count). The molecule has 1 heterocycles. The van der Waals surface area contributed by atoms with Crippen molar-refractivity contribution < 1.29 is 19.2 Å². The summed E-state index contributed by atoms with van der Waals surface area (Å²) < 4.78 is 5.08. The van der Waals surface area contributed by atoms with Crippen molar-refractivity contribution in [3.8, 4) is 0 Å². The van der Waals surface area contributed by atoms with E-state index in [-0.39, 0.29) is 17.9 Å². The van der Waals surface area contributed by atoms with Gasteiger partial charge in [0.2, 0.25) is 0 Å². The Hall–Kier alpha value is -3.00. The summed E-state index contributed by atoms with van der Waals surface area (Å²) in [6, 6.07) is 7.52. The molecule has 0 aliphatic carbocycles. The highest BCUT2D eigenvalue weighted by Crippen LogP contribution is 2.13. The molecule has 1 aromatic carbocycles. The number of rotatable bonds is 6. The zero-order valence-corrected chi connectivity index (χ0v) is 13.9. The molecule has 0 saturated heterocycles. The summed E-state index contributed by atoms with van der Waals surface area (Å²) >= 11 is 5.66. The number of amides is 1. The first kappa shape index (κ1) is 18.3. The van der Waals surface area contributed by atoms with Crippen LogP contribution >= 0.6 is 11.6 Å². The minimum atomic E-state index is -0.924. The van der Waals surface area contributed by atoms with Gasteiger partial charge in [0.15, 0.2) is 0 Å². The predicted molar refractivity (Wildman–Crippen MR) is 89.1 cm³/mol. The third-order valence-electron chi connectivity index (χ3n) is 3.19. The Bertz CT molecular complexity index is 795. The van der Waals surface area contributed by atoms with Crippen LogP contribution < -0.4 is 5.32 Å². The fourth-order valence-corrected chi connectivity index (χ4v) is 1.98. The Kier molecular flexibility index (Phi) is 6.02. The van der Waals surface area contributed by atoms with Crippen LogP contribution in [-0.4, -0.2) is 27.8 Å². The molecular weight excluding hydrogens is 350 g/mol. The largest absolute Gasteiger partial charge is 0.459 e. The van der Waals surface area contributed by atoms with Crippen molar-refractivity contribution in [3.05, 3.63) is 69.0 Å². The summed E-state index contributed by atoms with van der Waals surface area (Å²) in [6.07, 6.45) is 1.47. The van der Waals surface area contributed by atoms with Gasteiger partial charge in [0.1, 0.15) is 17.8 Å². The van der Waals surface area contributed by atoms with Crippen molar-refractivity contribution in [1.29, 1.82) is 0 Å². The first-order valence-electron chi connectivity index (χ1n) is 7.19. The van der Waals surface area contributed by atoms with Crippen molar-refractivity contribution in [3.63, 3.8) is 0 Å². The van der Waals surface area contributed by atoms with Gasteiger partial charge in [-0.1, -0.05) is 23.7 Å². The van der Waals surface area contributed by atoms with Crippen molar-refractivity contribution in [2.24, 2.45) is 0 Å². The number of nitrogens with zero attached hydrogens (tertiary/aromatic N) is 2. The van der Waals surface area contributed by atoms with Gasteiger partial charge in [-0.2, -0.15) is 0 Å². The van der Waals surface area contributed by atoms with Gasteiger partial charge in [0, 0.05) is 29.5 Å².